The summed E-state index contributed by atoms with van der Waals surface area (Å²) >= 11 is 0. The van der Waals surface area contributed by atoms with Gasteiger partial charge in [0, 0.05) is 46.5 Å². The average Bonchev–Trinajstić information content (AvgIpc) is 2.85. The van der Waals surface area contributed by atoms with Gasteiger partial charge in [0.2, 0.25) is 0 Å². The zero-order valence-electron chi connectivity index (χ0n) is 18.5. The van der Waals surface area contributed by atoms with Crippen LogP contribution >= 0.6 is 0 Å². The van der Waals surface area contributed by atoms with Crippen LogP contribution in [0, 0.1) is 0 Å². The van der Waals surface area contributed by atoms with Crippen LogP contribution in [0.3, 0.4) is 0 Å². The maximum atomic E-state index is 12.9. The van der Waals surface area contributed by atoms with Gasteiger partial charge in [-0.25, -0.2) is 0 Å². The van der Waals surface area contributed by atoms with Gasteiger partial charge in [-0.05, 0) is 59.7 Å². The summed E-state index contributed by atoms with van der Waals surface area (Å²) in [5.74, 6) is -0.140. The van der Waals surface area contributed by atoms with Crippen molar-refractivity contribution in [2.24, 2.45) is 0 Å². The van der Waals surface area contributed by atoms with E-state index in [0.717, 1.165) is 11.1 Å². The molecule has 168 valence electrons. The number of Topliss-reactive ketones (excluding diaryl/α,β-unsaturated/α-hetero) is 2. The van der Waals surface area contributed by atoms with E-state index >= 15 is 0 Å². The van der Waals surface area contributed by atoms with Crippen LogP contribution in [0.15, 0.2) is 97.1 Å². The molecule has 4 N–H and O–H groups in total. The minimum absolute atomic E-state index is 0.0109. The third-order valence-corrected chi connectivity index (χ3v) is 5.63. The van der Waals surface area contributed by atoms with Crippen LogP contribution in [-0.4, -0.2) is 17.3 Å². The summed E-state index contributed by atoms with van der Waals surface area (Å²) in [7, 11) is 0. The predicted molar refractivity (Wildman–Crippen MR) is 134 cm³/mol. The van der Waals surface area contributed by atoms with E-state index < -0.39 is 0 Å². The summed E-state index contributed by atoms with van der Waals surface area (Å²) < 4.78 is 0. The van der Waals surface area contributed by atoms with Crippen LogP contribution in [0.1, 0.15) is 47.8 Å². The number of ketones is 3. The van der Waals surface area contributed by atoms with Gasteiger partial charge in [0.1, 0.15) is 0 Å². The standard InChI is InChI=1S/C29H24N2O3/c30-25-13-9-21(10-14-25)27(32)17-19-1-5-23(6-2-19)29(34)24-7-3-20(4-8-24)18-28(33)22-11-15-26(31)16-12-22/h1-16H,17-18,30-31H2. The Labute approximate surface area is 198 Å². The lowest BCUT2D eigenvalue weighted by Gasteiger charge is -2.06. The molecule has 0 aliphatic carbocycles. The Bertz CT molecular complexity index is 1220. The van der Waals surface area contributed by atoms with Gasteiger partial charge in [-0.2, -0.15) is 0 Å². The number of carbonyl (C=O) groups is 3. The zero-order valence-corrected chi connectivity index (χ0v) is 18.5. The van der Waals surface area contributed by atoms with Crippen molar-refractivity contribution in [2.45, 2.75) is 12.8 Å². The second-order valence-corrected chi connectivity index (χ2v) is 8.17. The normalized spacial score (nSPS) is 10.6. The molecule has 0 unspecified atom stereocenters. The summed E-state index contributed by atoms with van der Waals surface area (Å²) in [4.78, 5) is 37.7. The lowest BCUT2D eigenvalue weighted by Crippen LogP contribution is -2.06. The number of carbonyl (C=O) groups excluding carboxylic acids is 3. The molecule has 0 spiro atoms. The molecule has 4 aromatic rings. The third-order valence-electron chi connectivity index (χ3n) is 5.63. The molecule has 5 heteroatoms. The van der Waals surface area contributed by atoms with Gasteiger partial charge < -0.3 is 11.5 Å². The van der Waals surface area contributed by atoms with Crippen molar-refractivity contribution in [1.29, 1.82) is 0 Å². The molecule has 4 rings (SSSR count). The lowest BCUT2D eigenvalue weighted by atomic mass is 9.97. The number of rotatable bonds is 8. The first-order valence-electron chi connectivity index (χ1n) is 10.9. The smallest absolute Gasteiger partial charge is 0.193 e. The molecule has 34 heavy (non-hydrogen) atoms. The van der Waals surface area contributed by atoms with Gasteiger partial charge in [-0.3, -0.25) is 14.4 Å². The van der Waals surface area contributed by atoms with Gasteiger partial charge >= 0.3 is 0 Å². The van der Waals surface area contributed by atoms with E-state index in [1.165, 1.54) is 0 Å². The van der Waals surface area contributed by atoms with Gasteiger partial charge in [-0.1, -0.05) is 48.5 Å². The minimum Gasteiger partial charge on any atom is -0.399 e. The number of nitrogens with two attached hydrogens (primary N) is 2. The van der Waals surface area contributed by atoms with E-state index in [1.54, 1.807) is 97.1 Å². The van der Waals surface area contributed by atoms with E-state index in [2.05, 4.69) is 0 Å². The summed E-state index contributed by atoms with van der Waals surface area (Å²) in [5, 5.41) is 0. The highest BCUT2D eigenvalue weighted by Gasteiger charge is 2.12. The lowest BCUT2D eigenvalue weighted by molar-refractivity contribution is 0.0985. The van der Waals surface area contributed by atoms with Crippen LogP contribution < -0.4 is 11.5 Å². The van der Waals surface area contributed by atoms with E-state index in [0.29, 0.717) is 33.6 Å². The maximum absolute atomic E-state index is 12.9. The van der Waals surface area contributed by atoms with E-state index in [9.17, 15) is 14.4 Å². The Kier molecular flexibility index (Phi) is 6.64. The fraction of sp³-hybridized carbons (Fsp3) is 0.0690. The molecule has 0 saturated heterocycles. The molecule has 0 bridgehead atoms. The number of nitrogen functional groups attached to an aromatic ring is 2. The Hall–Kier alpha value is -4.51. The van der Waals surface area contributed by atoms with Crippen LogP contribution in [-0.2, 0) is 12.8 Å². The van der Waals surface area contributed by atoms with E-state index in [1.807, 2.05) is 0 Å². The predicted octanol–water partition coefficient (Wildman–Crippen LogP) is 4.93. The van der Waals surface area contributed by atoms with Gasteiger partial charge in [0.25, 0.3) is 0 Å². The van der Waals surface area contributed by atoms with Gasteiger partial charge in [0.05, 0.1) is 0 Å². The SMILES string of the molecule is Nc1ccc(C(=O)Cc2ccc(C(=O)c3ccc(CC(=O)c4ccc(N)cc4)cc3)cc2)cc1. The first-order chi connectivity index (χ1) is 16.4. The van der Waals surface area contributed by atoms with Crippen molar-refractivity contribution in [2.75, 3.05) is 11.5 Å². The van der Waals surface area contributed by atoms with Crippen LogP contribution in [0.25, 0.3) is 0 Å². The first-order valence-corrected chi connectivity index (χ1v) is 10.9. The second-order valence-electron chi connectivity index (χ2n) is 8.17. The fourth-order valence-electron chi connectivity index (χ4n) is 3.63. The molecule has 5 nitrogen and oxygen atoms in total. The highest BCUT2D eigenvalue weighted by Crippen LogP contribution is 2.16. The quantitative estimate of drug-likeness (QED) is 0.294. The maximum Gasteiger partial charge on any atom is 0.193 e. The fourth-order valence-corrected chi connectivity index (χ4v) is 3.63. The highest BCUT2D eigenvalue weighted by molar-refractivity contribution is 6.09. The molecular formula is C29H24N2O3. The number of benzene rings is 4. The molecule has 0 amide bonds. The molecule has 0 fully saturated rings. The monoisotopic (exact) mass is 448 g/mol. The summed E-state index contributed by atoms with van der Waals surface area (Å²) in [5.41, 5.74) is 16.5. The Morgan fingerprint density at radius 2 is 0.735 bits per heavy atom. The molecule has 0 aromatic heterocycles. The highest BCUT2D eigenvalue weighted by atomic mass is 16.1. The first kappa shape index (κ1) is 22.7. The van der Waals surface area contributed by atoms with Gasteiger partial charge in [-0.15, -0.1) is 0 Å². The molecule has 0 radical (unpaired) electrons. The molecule has 0 atom stereocenters. The van der Waals surface area contributed by atoms with Crippen molar-refractivity contribution in [1.82, 2.24) is 0 Å². The van der Waals surface area contributed by atoms with Crippen LogP contribution in [0.4, 0.5) is 11.4 Å². The van der Waals surface area contributed by atoms with Crippen LogP contribution in [0.2, 0.25) is 0 Å². The Morgan fingerprint density at radius 3 is 1.06 bits per heavy atom. The van der Waals surface area contributed by atoms with E-state index in [-0.39, 0.29) is 30.2 Å². The van der Waals surface area contributed by atoms with Crippen molar-refractivity contribution < 1.29 is 14.4 Å². The molecular weight excluding hydrogens is 424 g/mol. The van der Waals surface area contributed by atoms with Crippen molar-refractivity contribution in [3.8, 4) is 0 Å². The van der Waals surface area contributed by atoms with Crippen molar-refractivity contribution in [3.05, 3.63) is 130 Å². The Balaban J connectivity index is 1.38. The third kappa shape index (κ3) is 5.45. The summed E-state index contributed by atoms with van der Waals surface area (Å²) in [6, 6.07) is 27.7. The topological polar surface area (TPSA) is 103 Å². The molecule has 0 aliphatic rings. The van der Waals surface area contributed by atoms with E-state index in [4.69, 9.17) is 11.5 Å². The Morgan fingerprint density at radius 1 is 0.441 bits per heavy atom. The molecule has 4 aromatic carbocycles. The minimum atomic E-state index is -0.118. The number of hydrogen-bond donors (Lipinski definition) is 2. The van der Waals surface area contributed by atoms with Crippen molar-refractivity contribution in [3.63, 3.8) is 0 Å². The molecule has 0 heterocycles. The summed E-state index contributed by atoms with van der Waals surface area (Å²) in [6.07, 6.45) is 0.490. The average molecular weight is 449 g/mol. The van der Waals surface area contributed by atoms with Crippen molar-refractivity contribution >= 4 is 28.7 Å². The largest absolute Gasteiger partial charge is 0.399 e. The zero-order chi connectivity index (χ0) is 24.1. The summed E-state index contributed by atoms with van der Waals surface area (Å²) in [6.45, 7) is 0. The van der Waals surface area contributed by atoms with Crippen LogP contribution in [0.5, 0.6) is 0 Å². The second kappa shape index (κ2) is 9.96. The molecule has 0 saturated carbocycles. The molecule has 0 aliphatic heterocycles. The number of hydrogen-bond acceptors (Lipinski definition) is 5. The number of anilines is 2. The van der Waals surface area contributed by atoms with Gasteiger partial charge in [0.15, 0.2) is 17.3 Å².